The number of fused-ring (bicyclic) bond motifs is 3. The van der Waals surface area contributed by atoms with Crippen LogP contribution in [0, 0.1) is 0 Å². The first-order valence-electron chi connectivity index (χ1n) is 18.4. The molecule has 0 saturated carbocycles. The minimum Gasteiger partial charge on any atom is -0.208 e. The maximum atomic E-state index is 5.10. The smallest absolute Gasteiger partial charge is 0.164 e. The molecule has 2 heterocycles. The van der Waals surface area contributed by atoms with Crippen LogP contribution in [0.15, 0.2) is 200 Å². The lowest BCUT2D eigenvalue weighted by atomic mass is 9.95. The monoisotopic (exact) mass is 719 g/mol. The lowest BCUT2D eigenvalue weighted by Gasteiger charge is -2.11. The van der Waals surface area contributed by atoms with Gasteiger partial charge in [0.25, 0.3) is 0 Å². The quantitative estimate of drug-likeness (QED) is 0.165. The molecule has 3 nitrogen and oxygen atoms in total. The lowest BCUT2D eigenvalue weighted by molar-refractivity contribution is 1.07. The number of nitrogens with zero attached hydrogens (tertiary/aromatic N) is 3. The Morgan fingerprint density at radius 1 is 0.273 bits per heavy atom. The van der Waals surface area contributed by atoms with Gasteiger partial charge in [0.05, 0.1) is 0 Å². The Morgan fingerprint density at radius 2 is 0.673 bits per heavy atom. The first-order valence-corrected chi connectivity index (χ1v) is 19.2. The highest BCUT2D eigenvalue weighted by molar-refractivity contribution is 7.25. The lowest BCUT2D eigenvalue weighted by Crippen LogP contribution is -2.00. The largest absolute Gasteiger partial charge is 0.208 e. The molecule has 4 heteroatoms. The first-order chi connectivity index (χ1) is 27.2. The van der Waals surface area contributed by atoms with E-state index in [-0.39, 0.29) is 0 Å². The molecule has 0 aliphatic heterocycles. The van der Waals surface area contributed by atoms with Gasteiger partial charge < -0.3 is 0 Å². The van der Waals surface area contributed by atoms with Gasteiger partial charge in [0, 0.05) is 36.9 Å². The maximum Gasteiger partial charge on any atom is 0.164 e. The van der Waals surface area contributed by atoms with Gasteiger partial charge in [0.1, 0.15) is 0 Å². The van der Waals surface area contributed by atoms with E-state index >= 15 is 0 Å². The maximum absolute atomic E-state index is 5.10. The van der Waals surface area contributed by atoms with E-state index in [1.165, 1.54) is 48.0 Å². The first kappa shape index (κ1) is 32.6. The summed E-state index contributed by atoms with van der Waals surface area (Å²) in [7, 11) is 0. The van der Waals surface area contributed by atoms with Gasteiger partial charge in [-0.25, -0.2) is 15.0 Å². The van der Waals surface area contributed by atoms with Crippen LogP contribution in [0.1, 0.15) is 0 Å². The number of benzene rings is 8. The number of thiophene rings is 1. The average Bonchev–Trinajstić information content (AvgIpc) is 3.66. The fourth-order valence-electron chi connectivity index (χ4n) is 7.39. The SMILES string of the molecule is c1ccc(-c2cccc(-c3cccc(-c4cccc(-c5nc(-c6ccccc6)nc(-c6ccc(-c7cccc8sc9ccccc9c78)cc6)n5)c4)c3)c2)cc1. The van der Waals surface area contributed by atoms with Crippen molar-refractivity contribution in [2.24, 2.45) is 0 Å². The Kier molecular flexibility index (Phi) is 8.36. The highest BCUT2D eigenvalue weighted by Gasteiger charge is 2.15. The number of rotatable bonds is 7. The van der Waals surface area contributed by atoms with Crippen LogP contribution in [0.2, 0.25) is 0 Å². The third-order valence-electron chi connectivity index (χ3n) is 10.1. The predicted octanol–water partition coefficient (Wildman–Crippen LogP) is 13.9. The van der Waals surface area contributed by atoms with Crippen molar-refractivity contribution in [1.82, 2.24) is 15.0 Å². The highest BCUT2D eigenvalue weighted by Crippen LogP contribution is 2.40. The topological polar surface area (TPSA) is 38.7 Å². The Bertz CT molecular complexity index is 2970. The molecular formula is C51H33N3S. The molecule has 0 bridgehead atoms. The summed E-state index contributed by atoms with van der Waals surface area (Å²) in [6.45, 7) is 0. The van der Waals surface area contributed by atoms with Crippen molar-refractivity contribution in [3.8, 4) is 78.7 Å². The summed E-state index contributed by atoms with van der Waals surface area (Å²) >= 11 is 1.84. The van der Waals surface area contributed by atoms with Crippen LogP contribution < -0.4 is 0 Å². The fourth-order valence-corrected chi connectivity index (χ4v) is 8.52. The van der Waals surface area contributed by atoms with Crippen LogP contribution in [0.25, 0.3) is 98.8 Å². The van der Waals surface area contributed by atoms with Crippen LogP contribution >= 0.6 is 11.3 Å². The molecule has 55 heavy (non-hydrogen) atoms. The van der Waals surface area contributed by atoms with E-state index in [0.29, 0.717) is 17.5 Å². The molecule has 2 aromatic heterocycles. The molecule has 0 saturated heterocycles. The fraction of sp³-hybridized carbons (Fsp3) is 0. The van der Waals surface area contributed by atoms with E-state index in [0.717, 1.165) is 33.4 Å². The normalized spacial score (nSPS) is 11.3. The molecule has 0 radical (unpaired) electrons. The van der Waals surface area contributed by atoms with Crippen LogP contribution in [0.5, 0.6) is 0 Å². The van der Waals surface area contributed by atoms with Gasteiger partial charge in [-0.05, 0) is 74.8 Å². The molecule has 0 unspecified atom stereocenters. The molecule has 0 fully saturated rings. The van der Waals surface area contributed by atoms with Crippen molar-refractivity contribution in [1.29, 1.82) is 0 Å². The molecule has 258 valence electrons. The second-order valence-corrected chi connectivity index (χ2v) is 14.7. The van der Waals surface area contributed by atoms with Gasteiger partial charge in [0.2, 0.25) is 0 Å². The summed E-state index contributed by atoms with van der Waals surface area (Å²) in [4.78, 5) is 15.2. The van der Waals surface area contributed by atoms with Crippen molar-refractivity contribution in [2.45, 2.75) is 0 Å². The van der Waals surface area contributed by atoms with Crippen LogP contribution in [0.4, 0.5) is 0 Å². The van der Waals surface area contributed by atoms with E-state index in [2.05, 4.69) is 170 Å². The Balaban J connectivity index is 1.02. The van der Waals surface area contributed by atoms with E-state index in [1.807, 2.05) is 41.7 Å². The molecule has 0 spiro atoms. The van der Waals surface area contributed by atoms with Crippen LogP contribution in [-0.4, -0.2) is 15.0 Å². The van der Waals surface area contributed by atoms with E-state index in [4.69, 9.17) is 15.0 Å². The number of hydrogen-bond donors (Lipinski definition) is 0. The minimum atomic E-state index is 0.635. The number of aromatic nitrogens is 3. The van der Waals surface area contributed by atoms with Crippen LogP contribution in [-0.2, 0) is 0 Å². The Morgan fingerprint density at radius 3 is 1.29 bits per heavy atom. The molecular weight excluding hydrogens is 687 g/mol. The molecule has 8 aromatic carbocycles. The van der Waals surface area contributed by atoms with E-state index in [9.17, 15) is 0 Å². The molecule has 0 aliphatic carbocycles. The summed E-state index contributed by atoms with van der Waals surface area (Å²) in [5.74, 6) is 1.92. The average molecular weight is 720 g/mol. The Hall–Kier alpha value is -7.01. The highest BCUT2D eigenvalue weighted by atomic mass is 32.1. The molecule has 10 aromatic rings. The van der Waals surface area contributed by atoms with E-state index < -0.39 is 0 Å². The zero-order valence-electron chi connectivity index (χ0n) is 29.8. The second kappa shape index (κ2) is 14.1. The van der Waals surface area contributed by atoms with Crippen molar-refractivity contribution < 1.29 is 0 Å². The minimum absolute atomic E-state index is 0.635. The van der Waals surface area contributed by atoms with Gasteiger partial charge in [-0.15, -0.1) is 11.3 Å². The summed E-state index contributed by atoms with van der Waals surface area (Å²) in [5, 5.41) is 2.60. The summed E-state index contributed by atoms with van der Waals surface area (Å²) in [6.07, 6.45) is 0. The van der Waals surface area contributed by atoms with Gasteiger partial charge in [-0.2, -0.15) is 0 Å². The van der Waals surface area contributed by atoms with Gasteiger partial charge in [-0.3, -0.25) is 0 Å². The standard InChI is InChI=1S/C51H33N3S/c1-3-13-34(14-4-1)38-17-9-18-39(31-38)40-19-10-20-41(32-40)42-21-11-22-43(33-42)51-53-49(36-15-5-2-6-16-36)52-50(54-51)37-29-27-35(28-30-37)44-24-12-26-47-48(44)45-23-7-8-25-46(45)55-47/h1-33H. The third kappa shape index (κ3) is 6.39. The molecule has 0 amide bonds. The van der Waals surface area contributed by atoms with Crippen molar-refractivity contribution in [3.05, 3.63) is 200 Å². The third-order valence-corrected chi connectivity index (χ3v) is 11.3. The molecule has 0 aliphatic rings. The van der Waals surface area contributed by atoms with Crippen molar-refractivity contribution in [3.63, 3.8) is 0 Å². The second-order valence-electron chi connectivity index (χ2n) is 13.6. The summed E-state index contributed by atoms with van der Waals surface area (Å²) < 4.78 is 2.60. The van der Waals surface area contributed by atoms with Gasteiger partial charge in [0.15, 0.2) is 17.5 Å². The summed E-state index contributed by atoms with van der Waals surface area (Å²) in [5.41, 5.74) is 12.2. The Labute approximate surface area is 323 Å². The zero-order chi connectivity index (χ0) is 36.6. The zero-order valence-corrected chi connectivity index (χ0v) is 30.6. The van der Waals surface area contributed by atoms with Gasteiger partial charge in [-0.1, -0.05) is 170 Å². The summed E-state index contributed by atoms with van der Waals surface area (Å²) in [6, 6.07) is 70.5. The number of hydrogen-bond acceptors (Lipinski definition) is 4. The predicted molar refractivity (Wildman–Crippen MR) is 231 cm³/mol. The molecule has 0 N–H and O–H groups in total. The molecule has 0 atom stereocenters. The van der Waals surface area contributed by atoms with E-state index in [1.54, 1.807) is 0 Å². The van der Waals surface area contributed by atoms with Crippen molar-refractivity contribution in [2.75, 3.05) is 0 Å². The molecule has 10 rings (SSSR count). The van der Waals surface area contributed by atoms with Crippen molar-refractivity contribution >= 4 is 31.5 Å². The van der Waals surface area contributed by atoms with Gasteiger partial charge >= 0.3 is 0 Å². The van der Waals surface area contributed by atoms with Crippen LogP contribution in [0.3, 0.4) is 0 Å².